The van der Waals surface area contributed by atoms with E-state index in [1.807, 2.05) is 30.5 Å². The van der Waals surface area contributed by atoms with Crippen LogP contribution in [0, 0.1) is 6.92 Å². The Balaban J connectivity index is 1.66. The number of aliphatic imine (C=N–C) groups is 1. The second-order valence-corrected chi connectivity index (χ2v) is 8.54. The summed E-state index contributed by atoms with van der Waals surface area (Å²) in [4.78, 5) is 19.1. The van der Waals surface area contributed by atoms with Gasteiger partial charge in [-0.2, -0.15) is 0 Å². The maximum absolute atomic E-state index is 13.1. The maximum atomic E-state index is 13.1. The lowest BCUT2D eigenvalue weighted by molar-refractivity contribution is 0.102. The number of rotatable bonds is 4. The lowest BCUT2D eigenvalue weighted by atomic mass is 9.95. The number of carbonyl (C=O) groups is 1. The quantitative estimate of drug-likeness (QED) is 0.486. The van der Waals surface area contributed by atoms with Crippen molar-refractivity contribution >= 4 is 45.7 Å². The van der Waals surface area contributed by atoms with Gasteiger partial charge in [0.15, 0.2) is 0 Å². The molecule has 5 heteroatoms. The Morgan fingerprint density at radius 2 is 1.79 bits per heavy atom. The van der Waals surface area contributed by atoms with E-state index in [1.165, 1.54) is 22.4 Å². The van der Waals surface area contributed by atoms with Crippen molar-refractivity contribution in [2.24, 2.45) is 4.99 Å². The number of hydrogen-bond donors (Lipinski definition) is 1. The average molecular weight is 409 g/mol. The van der Waals surface area contributed by atoms with E-state index in [0.717, 1.165) is 41.1 Å². The van der Waals surface area contributed by atoms with Gasteiger partial charge in [0.25, 0.3) is 5.91 Å². The summed E-state index contributed by atoms with van der Waals surface area (Å²) in [6.07, 6.45) is 6.10. The molecular formula is C23H21ClN2OS. The van der Waals surface area contributed by atoms with Gasteiger partial charge in [-0.05, 0) is 68.0 Å². The molecule has 1 N–H and O–H groups in total. The number of nitrogens with zero attached hydrogens (tertiary/aromatic N) is 1. The fourth-order valence-corrected chi connectivity index (χ4v) is 4.75. The van der Waals surface area contributed by atoms with E-state index >= 15 is 0 Å². The van der Waals surface area contributed by atoms with Crippen molar-refractivity contribution in [2.75, 3.05) is 5.32 Å². The standard InChI is InChI=1S/C23H21ClN2OS/c1-15-6-8-16(9-7-15)14-25-23-21(19-4-2-3-5-20(19)28-23)22(27)26-18-12-10-17(24)11-13-18/h6-14H,2-5H2,1H3,(H,26,27)/b25-14+. The molecule has 4 rings (SSSR count). The maximum Gasteiger partial charge on any atom is 0.259 e. The van der Waals surface area contributed by atoms with Crippen LogP contribution in [0.5, 0.6) is 0 Å². The zero-order valence-corrected chi connectivity index (χ0v) is 17.2. The molecule has 0 spiro atoms. The van der Waals surface area contributed by atoms with Crippen LogP contribution >= 0.6 is 22.9 Å². The minimum absolute atomic E-state index is 0.0993. The first-order valence-electron chi connectivity index (χ1n) is 9.42. The Hall–Kier alpha value is -2.43. The van der Waals surface area contributed by atoms with Crippen molar-refractivity contribution in [1.82, 2.24) is 0 Å². The van der Waals surface area contributed by atoms with Crippen LogP contribution in [0.1, 0.15) is 44.8 Å². The van der Waals surface area contributed by atoms with Gasteiger partial charge in [0, 0.05) is 21.8 Å². The zero-order chi connectivity index (χ0) is 19.5. The van der Waals surface area contributed by atoms with Crippen LogP contribution in [0.15, 0.2) is 53.5 Å². The molecule has 1 amide bonds. The molecule has 2 aromatic carbocycles. The Labute approximate surface area is 174 Å². The van der Waals surface area contributed by atoms with E-state index in [9.17, 15) is 4.79 Å². The molecule has 3 nitrogen and oxygen atoms in total. The monoisotopic (exact) mass is 408 g/mol. The lowest BCUT2D eigenvalue weighted by Gasteiger charge is -2.12. The summed E-state index contributed by atoms with van der Waals surface area (Å²) in [5.41, 5.74) is 4.86. The number of halogens is 1. The fraction of sp³-hybridized carbons (Fsp3) is 0.217. The van der Waals surface area contributed by atoms with E-state index in [1.54, 1.807) is 23.5 Å². The van der Waals surface area contributed by atoms with E-state index in [0.29, 0.717) is 5.02 Å². The number of amides is 1. The Morgan fingerprint density at radius 3 is 2.54 bits per heavy atom. The Bertz CT molecular complexity index is 1020. The number of anilines is 1. The number of aryl methyl sites for hydroxylation is 2. The molecule has 3 aromatic rings. The van der Waals surface area contributed by atoms with Gasteiger partial charge in [0.1, 0.15) is 5.00 Å². The summed E-state index contributed by atoms with van der Waals surface area (Å²) in [6, 6.07) is 15.4. The van der Waals surface area contributed by atoms with E-state index in [2.05, 4.69) is 24.4 Å². The summed E-state index contributed by atoms with van der Waals surface area (Å²) in [6.45, 7) is 2.06. The van der Waals surface area contributed by atoms with Crippen LogP contribution in [-0.2, 0) is 12.8 Å². The molecular weight excluding hydrogens is 388 g/mol. The third-order valence-electron chi connectivity index (χ3n) is 4.89. The van der Waals surface area contributed by atoms with Crippen LogP contribution in [-0.4, -0.2) is 12.1 Å². The minimum atomic E-state index is -0.0993. The molecule has 0 saturated heterocycles. The summed E-state index contributed by atoms with van der Waals surface area (Å²) in [7, 11) is 0. The molecule has 1 aromatic heterocycles. The molecule has 0 fully saturated rings. The first kappa shape index (κ1) is 18.9. The smallest absolute Gasteiger partial charge is 0.259 e. The van der Waals surface area contributed by atoms with Gasteiger partial charge in [0.2, 0.25) is 0 Å². The van der Waals surface area contributed by atoms with Crippen molar-refractivity contribution < 1.29 is 4.79 Å². The Kier molecular flexibility index (Phi) is 5.60. The van der Waals surface area contributed by atoms with E-state index < -0.39 is 0 Å². The number of fused-ring (bicyclic) bond motifs is 1. The molecule has 0 saturated carbocycles. The van der Waals surface area contributed by atoms with Crippen LogP contribution in [0.2, 0.25) is 5.02 Å². The number of nitrogens with one attached hydrogen (secondary N) is 1. The summed E-state index contributed by atoms with van der Waals surface area (Å²) in [5, 5.41) is 4.44. The van der Waals surface area contributed by atoms with Crippen molar-refractivity contribution in [3.63, 3.8) is 0 Å². The lowest BCUT2D eigenvalue weighted by Crippen LogP contribution is -2.14. The predicted molar refractivity (Wildman–Crippen MR) is 119 cm³/mol. The van der Waals surface area contributed by atoms with Crippen LogP contribution in [0.25, 0.3) is 0 Å². The third-order valence-corrected chi connectivity index (χ3v) is 6.34. The minimum Gasteiger partial charge on any atom is -0.322 e. The SMILES string of the molecule is Cc1ccc(/C=N/c2sc3c(c2C(=O)Nc2ccc(Cl)cc2)CCCC3)cc1. The highest BCUT2D eigenvalue weighted by Gasteiger charge is 2.25. The molecule has 1 heterocycles. The third kappa shape index (κ3) is 4.18. The number of carbonyl (C=O) groups excluding carboxylic acids is 1. The fourth-order valence-electron chi connectivity index (χ4n) is 3.39. The first-order chi connectivity index (χ1) is 13.6. The van der Waals surface area contributed by atoms with Gasteiger partial charge < -0.3 is 5.32 Å². The number of benzene rings is 2. The molecule has 142 valence electrons. The van der Waals surface area contributed by atoms with Gasteiger partial charge in [-0.1, -0.05) is 41.4 Å². The van der Waals surface area contributed by atoms with Gasteiger partial charge in [0.05, 0.1) is 5.56 Å². The summed E-state index contributed by atoms with van der Waals surface area (Å²) >= 11 is 7.59. The van der Waals surface area contributed by atoms with Crippen molar-refractivity contribution in [1.29, 1.82) is 0 Å². The summed E-state index contributed by atoms with van der Waals surface area (Å²) < 4.78 is 0. The van der Waals surface area contributed by atoms with Gasteiger partial charge in [-0.3, -0.25) is 4.79 Å². The zero-order valence-electron chi connectivity index (χ0n) is 15.7. The predicted octanol–water partition coefficient (Wildman–Crippen LogP) is 6.59. The normalized spacial score (nSPS) is 13.5. The van der Waals surface area contributed by atoms with Gasteiger partial charge >= 0.3 is 0 Å². The van der Waals surface area contributed by atoms with Crippen LogP contribution in [0.3, 0.4) is 0 Å². The molecule has 28 heavy (non-hydrogen) atoms. The molecule has 1 aliphatic rings. The first-order valence-corrected chi connectivity index (χ1v) is 10.6. The van der Waals surface area contributed by atoms with E-state index in [-0.39, 0.29) is 5.91 Å². The highest BCUT2D eigenvalue weighted by molar-refractivity contribution is 7.16. The number of hydrogen-bond acceptors (Lipinski definition) is 3. The van der Waals surface area contributed by atoms with Gasteiger partial charge in [-0.25, -0.2) is 4.99 Å². The number of thiophene rings is 1. The van der Waals surface area contributed by atoms with Crippen molar-refractivity contribution in [2.45, 2.75) is 32.6 Å². The molecule has 0 unspecified atom stereocenters. The van der Waals surface area contributed by atoms with Crippen LogP contribution < -0.4 is 5.32 Å². The molecule has 0 radical (unpaired) electrons. The van der Waals surface area contributed by atoms with Crippen LogP contribution in [0.4, 0.5) is 10.7 Å². The average Bonchev–Trinajstić information content (AvgIpc) is 3.08. The van der Waals surface area contributed by atoms with E-state index in [4.69, 9.17) is 16.6 Å². The largest absolute Gasteiger partial charge is 0.322 e. The second-order valence-electron chi connectivity index (χ2n) is 7.02. The van der Waals surface area contributed by atoms with Gasteiger partial charge in [-0.15, -0.1) is 11.3 Å². The summed E-state index contributed by atoms with van der Waals surface area (Å²) in [5.74, 6) is -0.0993. The molecule has 0 atom stereocenters. The molecule has 0 aliphatic heterocycles. The van der Waals surface area contributed by atoms with Crippen molar-refractivity contribution in [3.05, 3.63) is 80.7 Å². The topological polar surface area (TPSA) is 41.5 Å². The highest BCUT2D eigenvalue weighted by atomic mass is 35.5. The molecule has 0 bridgehead atoms. The highest BCUT2D eigenvalue weighted by Crippen LogP contribution is 2.40. The van der Waals surface area contributed by atoms with Crippen molar-refractivity contribution in [3.8, 4) is 0 Å². The second kappa shape index (κ2) is 8.29. The molecule has 1 aliphatic carbocycles. The Morgan fingerprint density at radius 1 is 1.07 bits per heavy atom.